The molecule has 0 spiro atoms. The van der Waals surface area contributed by atoms with Crippen molar-refractivity contribution in [2.45, 2.75) is 19.9 Å². The molecule has 1 amide bonds. The van der Waals surface area contributed by atoms with E-state index in [-0.39, 0.29) is 5.91 Å². The van der Waals surface area contributed by atoms with E-state index in [9.17, 15) is 9.36 Å². The molecule has 2 atom stereocenters. The number of fused-ring (bicyclic) bond motifs is 2. The van der Waals surface area contributed by atoms with E-state index in [1.165, 1.54) is 5.69 Å². The van der Waals surface area contributed by atoms with E-state index in [4.69, 9.17) is 9.72 Å². The molecule has 2 unspecified atom stereocenters. The molecule has 3 saturated heterocycles. The lowest BCUT2D eigenvalue weighted by molar-refractivity contribution is -0.135. The monoisotopic (exact) mass is 719 g/mol. The number of carbonyl (C=O) groups is 1. The second-order valence-corrected chi connectivity index (χ2v) is 17.2. The van der Waals surface area contributed by atoms with Crippen LogP contribution in [-0.2, 0) is 9.36 Å². The normalized spacial score (nSPS) is 20.0. The topological polar surface area (TPSA) is 129 Å². The first-order valence-corrected chi connectivity index (χ1v) is 19.2. The Labute approximate surface area is 282 Å². The summed E-state index contributed by atoms with van der Waals surface area (Å²) in [6.45, 7) is 13.2. The number of likely N-dealkylation sites (tertiary alicyclic amines) is 2. The van der Waals surface area contributed by atoms with Crippen molar-refractivity contribution in [1.29, 1.82) is 0 Å². The highest BCUT2D eigenvalue weighted by molar-refractivity contribution is 9.10. The number of amides is 1. The fraction of sp³-hybridized carbons (Fsp3) is 0.424. The van der Waals surface area contributed by atoms with Crippen LogP contribution in [0.1, 0.15) is 12.5 Å². The Morgan fingerprint density at radius 1 is 0.979 bits per heavy atom. The zero-order valence-electron chi connectivity index (χ0n) is 27.2. The quantitative estimate of drug-likeness (QED) is 0.243. The fourth-order valence-electron chi connectivity index (χ4n) is 7.18. The van der Waals surface area contributed by atoms with Crippen molar-refractivity contribution in [3.8, 4) is 5.75 Å². The summed E-state index contributed by atoms with van der Waals surface area (Å²) in [6.07, 6.45) is 4.91. The van der Waals surface area contributed by atoms with Gasteiger partial charge in [-0.3, -0.25) is 19.7 Å². The van der Waals surface area contributed by atoms with Gasteiger partial charge in [-0.2, -0.15) is 4.98 Å². The van der Waals surface area contributed by atoms with Crippen LogP contribution >= 0.6 is 23.1 Å². The summed E-state index contributed by atoms with van der Waals surface area (Å²) >= 11 is 3.57. The van der Waals surface area contributed by atoms with Crippen molar-refractivity contribution >= 4 is 74.1 Å². The Kier molecular flexibility index (Phi) is 8.34. The average Bonchev–Trinajstić information content (AvgIpc) is 3.57. The number of nitrogens with zero attached hydrogens (tertiary/aromatic N) is 7. The minimum Gasteiger partial charge on any atom is -0.494 e. The SMILES string of the molecule is COc1cc(N2CC3CN(C4CN(C(C)=O)C4)CC3C2)c(C)cc1Nc1ncc(Br)c(Nc2ccc3nccnc3c2P(C)(C)=O)n1. The number of carbonyl (C=O) groups excluding carboxylic acids is 1. The maximum Gasteiger partial charge on any atom is 0.229 e. The minimum absolute atomic E-state index is 0.175. The van der Waals surface area contributed by atoms with Crippen LogP contribution in [0.25, 0.3) is 11.0 Å². The van der Waals surface area contributed by atoms with Gasteiger partial charge in [0.05, 0.1) is 33.8 Å². The zero-order valence-corrected chi connectivity index (χ0v) is 29.7. The van der Waals surface area contributed by atoms with Crippen LogP contribution in [0.15, 0.2) is 47.3 Å². The molecule has 3 aliphatic heterocycles. The summed E-state index contributed by atoms with van der Waals surface area (Å²) in [5, 5.41) is 7.34. The number of hydrogen-bond donors (Lipinski definition) is 2. The molecule has 2 aromatic heterocycles. The number of anilines is 5. The van der Waals surface area contributed by atoms with Crippen molar-refractivity contribution < 1.29 is 14.1 Å². The molecule has 246 valence electrons. The van der Waals surface area contributed by atoms with Gasteiger partial charge >= 0.3 is 0 Å². The van der Waals surface area contributed by atoms with Gasteiger partial charge in [0.25, 0.3) is 0 Å². The van der Waals surface area contributed by atoms with Gasteiger partial charge in [0.1, 0.15) is 24.2 Å². The molecule has 5 heterocycles. The standard InChI is InChI=1S/C33H39BrN9O3P/c1-19-10-27(29(46-3)11-28(19)43-15-21-13-42(14-22(21)16-43)23-17-41(18-23)20(2)44)39-33-37-12-24(34)32(40-33)38-26-7-6-25-30(36-9-8-35-25)31(26)47(4,5)45/h6-12,21-23H,13-18H2,1-5H3,(H2,37,38,39,40). The summed E-state index contributed by atoms with van der Waals surface area (Å²) in [6, 6.07) is 8.41. The van der Waals surface area contributed by atoms with E-state index in [2.05, 4.69) is 70.4 Å². The number of aromatic nitrogens is 4. The third-order valence-corrected chi connectivity index (χ3v) is 11.7. The highest BCUT2D eigenvalue weighted by atomic mass is 79.9. The van der Waals surface area contributed by atoms with E-state index in [1.807, 2.05) is 17.0 Å². The lowest BCUT2D eigenvalue weighted by Crippen LogP contribution is -2.60. The Morgan fingerprint density at radius 3 is 2.38 bits per heavy atom. The number of benzene rings is 2. The zero-order chi connectivity index (χ0) is 33.0. The number of rotatable bonds is 8. The van der Waals surface area contributed by atoms with Crippen LogP contribution in [-0.4, -0.2) is 101 Å². The number of aryl methyl sites for hydroxylation is 1. The van der Waals surface area contributed by atoms with E-state index >= 15 is 0 Å². The Bertz CT molecular complexity index is 1900. The van der Waals surface area contributed by atoms with Crippen LogP contribution in [0, 0.1) is 18.8 Å². The van der Waals surface area contributed by atoms with Gasteiger partial charge in [0.15, 0.2) is 0 Å². The highest BCUT2D eigenvalue weighted by Crippen LogP contribution is 2.42. The highest BCUT2D eigenvalue weighted by Gasteiger charge is 2.45. The Morgan fingerprint density at radius 2 is 1.70 bits per heavy atom. The van der Waals surface area contributed by atoms with E-state index in [0.29, 0.717) is 61.9 Å². The lowest BCUT2D eigenvalue weighted by Gasteiger charge is -2.44. The maximum atomic E-state index is 13.4. The largest absolute Gasteiger partial charge is 0.494 e. The number of halogens is 1. The van der Waals surface area contributed by atoms with Crippen LogP contribution in [0.4, 0.5) is 28.8 Å². The molecule has 0 radical (unpaired) electrons. The first kappa shape index (κ1) is 31.8. The second kappa shape index (κ2) is 12.3. The summed E-state index contributed by atoms with van der Waals surface area (Å²) in [5.74, 6) is 3.02. The molecule has 14 heteroatoms. The predicted octanol–water partition coefficient (Wildman–Crippen LogP) is 4.83. The molecular formula is C33H39BrN9O3P. The van der Waals surface area contributed by atoms with Crippen molar-refractivity contribution in [3.63, 3.8) is 0 Å². The van der Waals surface area contributed by atoms with E-state index in [0.717, 1.165) is 50.5 Å². The maximum absolute atomic E-state index is 13.4. The number of hydrogen-bond acceptors (Lipinski definition) is 11. The molecule has 2 aromatic carbocycles. The minimum atomic E-state index is -2.74. The van der Waals surface area contributed by atoms with Crippen LogP contribution < -0.4 is 25.6 Å². The van der Waals surface area contributed by atoms with E-state index in [1.54, 1.807) is 46.0 Å². The average molecular weight is 721 g/mol. The Hall–Kier alpha value is -3.80. The number of ether oxygens (including phenoxy) is 1. The molecule has 2 N–H and O–H groups in total. The van der Waals surface area contributed by atoms with Crippen LogP contribution in [0.5, 0.6) is 5.75 Å². The molecule has 0 aliphatic carbocycles. The third-order valence-electron chi connectivity index (χ3n) is 9.59. The van der Waals surface area contributed by atoms with Gasteiger partial charge in [-0.1, -0.05) is 0 Å². The smallest absolute Gasteiger partial charge is 0.229 e. The summed E-state index contributed by atoms with van der Waals surface area (Å²) in [5.41, 5.74) is 5.02. The number of nitrogens with one attached hydrogen (secondary N) is 2. The van der Waals surface area contributed by atoms with Crippen molar-refractivity contribution in [3.05, 3.63) is 52.9 Å². The van der Waals surface area contributed by atoms with Gasteiger partial charge in [0, 0.05) is 82.6 Å². The molecule has 0 bridgehead atoms. The molecular weight excluding hydrogens is 681 g/mol. The summed E-state index contributed by atoms with van der Waals surface area (Å²) < 4.78 is 19.9. The third kappa shape index (κ3) is 6.16. The van der Waals surface area contributed by atoms with Crippen LogP contribution in [0.2, 0.25) is 0 Å². The number of methoxy groups -OCH3 is 1. The second-order valence-electron chi connectivity index (χ2n) is 13.2. The summed E-state index contributed by atoms with van der Waals surface area (Å²) in [4.78, 5) is 36.8. The molecule has 4 aromatic rings. The molecule has 3 fully saturated rings. The first-order valence-electron chi connectivity index (χ1n) is 15.8. The molecule has 3 aliphatic rings. The molecule has 47 heavy (non-hydrogen) atoms. The van der Waals surface area contributed by atoms with Gasteiger partial charge in [-0.05, 0) is 71.8 Å². The van der Waals surface area contributed by atoms with E-state index < -0.39 is 7.14 Å². The Balaban J connectivity index is 1.08. The van der Waals surface area contributed by atoms with Gasteiger partial charge < -0.3 is 29.7 Å². The summed E-state index contributed by atoms with van der Waals surface area (Å²) in [7, 11) is -1.07. The lowest BCUT2D eigenvalue weighted by atomic mass is 10.0. The predicted molar refractivity (Wildman–Crippen MR) is 189 cm³/mol. The van der Waals surface area contributed by atoms with Gasteiger partial charge in [-0.25, -0.2) is 4.98 Å². The van der Waals surface area contributed by atoms with Crippen LogP contribution in [0.3, 0.4) is 0 Å². The van der Waals surface area contributed by atoms with Crippen molar-refractivity contribution in [2.24, 2.45) is 11.8 Å². The van der Waals surface area contributed by atoms with Crippen molar-refractivity contribution in [1.82, 2.24) is 29.7 Å². The molecule has 7 rings (SSSR count). The van der Waals surface area contributed by atoms with Crippen molar-refractivity contribution in [2.75, 3.05) is 75.2 Å². The first-order chi connectivity index (χ1) is 22.5. The fourth-order valence-corrected chi connectivity index (χ4v) is 8.87. The molecule has 0 saturated carbocycles. The van der Waals surface area contributed by atoms with Gasteiger partial charge in [0.2, 0.25) is 11.9 Å². The molecule has 12 nitrogen and oxygen atoms in total. The van der Waals surface area contributed by atoms with Gasteiger partial charge in [-0.15, -0.1) is 0 Å².